The lowest BCUT2D eigenvalue weighted by Gasteiger charge is -2.00. The van der Waals surface area contributed by atoms with E-state index >= 15 is 0 Å². The van der Waals surface area contributed by atoms with Gasteiger partial charge in [-0.25, -0.2) is 5.43 Å². The summed E-state index contributed by atoms with van der Waals surface area (Å²) < 4.78 is 11.8. The van der Waals surface area contributed by atoms with Crippen molar-refractivity contribution < 1.29 is 14.3 Å². The number of thiophene rings is 1. The summed E-state index contributed by atoms with van der Waals surface area (Å²) in [4.78, 5) is 12.8. The molecule has 1 N–H and O–H groups in total. The Balaban J connectivity index is 1.50. The largest absolute Gasteiger partial charge is 0.454 e. The van der Waals surface area contributed by atoms with E-state index in [0.29, 0.717) is 16.4 Å². The summed E-state index contributed by atoms with van der Waals surface area (Å²) in [7, 11) is 0. The van der Waals surface area contributed by atoms with E-state index in [-0.39, 0.29) is 12.7 Å². The number of hydrogen-bond donors (Lipinski definition) is 1. The highest BCUT2D eigenvalue weighted by Gasteiger charge is 2.16. The molecule has 0 bridgehead atoms. The molecule has 0 fully saturated rings. The lowest BCUT2D eigenvalue weighted by atomic mass is 10.2. The Kier molecular flexibility index (Phi) is 3.44. The first-order chi connectivity index (χ1) is 11.3. The molecule has 114 valence electrons. The Morgan fingerprint density at radius 3 is 3.00 bits per heavy atom. The lowest BCUT2D eigenvalue weighted by molar-refractivity contribution is 0.0959. The van der Waals surface area contributed by atoms with Crippen molar-refractivity contribution in [1.29, 1.82) is 0 Å². The molecule has 1 amide bonds. The number of benzene rings is 2. The Bertz CT molecular complexity index is 884. The number of amides is 1. The second kappa shape index (κ2) is 5.73. The molecular formula is C17H12N2O3S. The molecule has 0 spiro atoms. The normalized spacial score (nSPS) is 12.9. The van der Waals surface area contributed by atoms with Crippen molar-refractivity contribution in [3.05, 3.63) is 59.0 Å². The average molecular weight is 324 g/mol. The first-order valence-electron chi connectivity index (χ1n) is 7.02. The van der Waals surface area contributed by atoms with E-state index in [1.54, 1.807) is 6.21 Å². The molecule has 1 aromatic heterocycles. The first kappa shape index (κ1) is 13.8. The molecule has 1 aliphatic rings. The minimum atomic E-state index is -0.229. The van der Waals surface area contributed by atoms with Crippen LogP contribution in [-0.2, 0) is 0 Å². The number of hydrogen-bond acceptors (Lipinski definition) is 5. The van der Waals surface area contributed by atoms with Gasteiger partial charge < -0.3 is 9.47 Å². The van der Waals surface area contributed by atoms with Crippen LogP contribution in [0.4, 0.5) is 0 Å². The number of carbonyl (C=O) groups is 1. The zero-order valence-electron chi connectivity index (χ0n) is 12.0. The highest BCUT2D eigenvalue weighted by molar-refractivity contribution is 7.20. The van der Waals surface area contributed by atoms with Crippen molar-refractivity contribution in [3.63, 3.8) is 0 Å². The third-order valence-corrected chi connectivity index (χ3v) is 4.56. The van der Waals surface area contributed by atoms with Gasteiger partial charge in [0.1, 0.15) is 0 Å². The Labute approximate surface area is 136 Å². The van der Waals surface area contributed by atoms with Crippen LogP contribution in [-0.4, -0.2) is 18.9 Å². The monoisotopic (exact) mass is 324 g/mol. The van der Waals surface area contributed by atoms with Crippen molar-refractivity contribution in [2.75, 3.05) is 6.79 Å². The molecule has 0 atom stereocenters. The molecule has 0 aliphatic carbocycles. The molecule has 6 heteroatoms. The lowest BCUT2D eigenvalue weighted by Crippen LogP contribution is -2.16. The number of nitrogens with one attached hydrogen (secondary N) is 1. The van der Waals surface area contributed by atoms with Gasteiger partial charge in [-0.15, -0.1) is 11.3 Å². The fourth-order valence-corrected chi connectivity index (χ4v) is 3.32. The van der Waals surface area contributed by atoms with Crippen LogP contribution >= 0.6 is 11.3 Å². The minimum Gasteiger partial charge on any atom is -0.454 e. The van der Waals surface area contributed by atoms with Crippen LogP contribution in [0.3, 0.4) is 0 Å². The highest BCUT2D eigenvalue weighted by atomic mass is 32.1. The van der Waals surface area contributed by atoms with Gasteiger partial charge in [-0.05, 0) is 29.7 Å². The van der Waals surface area contributed by atoms with Gasteiger partial charge in [-0.3, -0.25) is 4.79 Å². The van der Waals surface area contributed by atoms with Gasteiger partial charge in [0.25, 0.3) is 5.91 Å². The van der Waals surface area contributed by atoms with Crippen molar-refractivity contribution in [1.82, 2.24) is 5.43 Å². The predicted octanol–water partition coefficient (Wildman–Crippen LogP) is 3.39. The molecule has 2 aromatic carbocycles. The van der Waals surface area contributed by atoms with E-state index in [4.69, 9.17) is 9.47 Å². The van der Waals surface area contributed by atoms with Crippen molar-refractivity contribution >= 4 is 33.5 Å². The molecule has 0 radical (unpaired) electrons. The summed E-state index contributed by atoms with van der Waals surface area (Å²) in [5.74, 6) is 1.10. The Morgan fingerprint density at radius 1 is 1.17 bits per heavy atom. The van der Waals surface area contributed by atoms with Gasteiger partial charge >= 0.3 is 0 Å². The number of fused-ring (bicyclic) bond motifs is 2. The standard InChI is InChI=1S/C17H12N2O3S/c20-17(15-8-11-4-1-2-7-14(11)23-15)19-18-9-12-5-3-6-13-16(12)22-10-21-13/h1-9H,10H2,(H,19,20)/b18-9+. The van der Waals surface area contributed by atoms with E-state index < -0.39 is 0 Å². The van der Waals surface area contributed by atoms with Crippen LogP contribution < -0.4 is 14.9 Å². The molecule has 0 saturated carbocycles. The molecule has 5 nitrogen and oxygen atoms in total. The van der Waals surface area contributed by atoms with Crippen LogP contribution in [0.2, 0.25) is 0 Å². The summed E-state index contributed by atoms with van der Waals surface area (Å²) in [6, 6.07) is 15.3. The first-order valence-corrected chi connectivity index (χ1v) is 7.83. The van der Waals surface area contributed by atoms with E-state index in [2.05, 4.69) is 10.5 Å². The van der Waals surface area contributed by atoms with Crippen molar-refractivity contribution in [2.45, 2.75) is 0 Å². The highest BCUT2D eigenvalue weighted by Crippen LogP contribution is 2.34. The maximum absolute atomic E-state index is 12.2. The van der Waals surface area contributed by atoms with Crippen LogP contribution in [0.15, 0.2) is 53.6 Å². The summed E-state index contributed by atoms with van der Waals surface area (Å²) in [5, 5.41) is 5.07. The zero-order valence-corrected chi connectivity index (χ0v) is 12.8. The Hall–Kier alpha value is -2.86. The van der Waals surface area contributed by atoms with Crippen molar-refractivity contribution in [2.24, 2.45) is 5.10 Å². The fourth-order valence-electron chi connectivity index (χ4n) is 2.36. The second-order valence-corrected chi connectivity index (χ2v) is 6.01. The van der Waals surface area contributed by atoms with E-state index in [0.717, 1.165) is 15.6 Å². The number of nitrogens with zero attached hydrogens (tertiary/aromatic N) is 1. The van der Waals surface area contributed by atoms with Gasteiger partial charge in [0.15, 0.2) is 11.5 Å². The quantitative estimate of drug-likeness (QED) is 0.593. The van der Waals surface area contributed by atoms with Crippen molar-refractivity contribution in [3.8, 4) is 11.5 Å². The Morgan fingerprint density at radius 2 is 2.09 bits per heavy atom. The average Bonchev–Trinajstić information content (AvgIpc) is 3.21. The minimum absolute atomic E-state index is 0.203. The predicted molar refractivity (Wildman–Crippen MR) is 89.5 cm³/mol. The van der Waals surface area contributed by atoms with Crippen LogP contribution in [0.1, 0.15) is 15.2 Å². The van der Waals surface area contributed by atoms with Crippen LogP contribution in [0, 0.1) is 0 Å². The van der Waals surface area contributed by atoms with E-state index in [1.807, 2.05) is 48.5 Å². The second-order valence-electron chi connectivity index (χ2n) is 4.93. The number of ether oxygens (including phenoxy) is 2. The number of para-hydroxylation sites is 1. The number of hydrazone groups is 1. The third kappa shape index (κ3) is 2.64. The SMILES string of the molecule is O=C(N/N=C/c1cccc2c1OCO2)c1cc2ccccc2s1. The molecular weight excluding hydrogens is 312 g/mol. The van der Waals surface area contributed by atoms with Gasteiger partial charge in [0.05, 0.1) is 11.1 Å². The van der Waals surface area contributed by atoms with Gasteiger partial charge in [-0.2, -0.15) is 5.10 Å². The van der Waals surface area contributed by atoms with Gasteiger partial charge in [-0.1, -0.05) is 24.3 Å². The molecule has 4 rings (SSSR count). The zero-order chi connectivity index (χ0) is 15.6. The maximum atomic E-state index is 12.2. The fraction of sp³-hybridized carbons (Fsp3) is 0.0588. The third-order valence-electron chi connectivity index (χ3n) is 3.45. The summed E-state index contributed by atoms with van der Waals surface area (Å²) in [6.45, 7) is 0.203. The number of rotatable bonds is 3. The summed E-state index contributed by atoms with van der Waals surface area (Å²) in [6.07, 6.45) is 1.55. The molecule has 0 saturated heterocycles. The van der Waals surface area contributed by atoms with E-state index in [1.165, 1.54) is 11.3 Å². The number of carbonyl (C=O) groups excluding carboxylic acids is 1. The van der Waals surface area contributed by atoms with Gasteiger partial charge in [0.2, 0.25) is 6.79 Å². The van der Waals surface area contributed by atoms with Crippen LogP contribution in [0.5, 0.6) is 11.5 Å². The van der Waals surface area contributed by atoms with E-state index in [9.17, 15) is 4.79 Å². The molecule has 23 heavy (non-hydrogen) atoms. The molecule has 2 heterocycles. The van der Waals surface area contributed by atoms with Gasteiger partial charge in [0, 0.05) is 10.3 Å². The smallest absolute Gasteiger partial charge is 0.281 e. The summed E-state index contributed by atoms with van der Waals surface area (Å²) in [5.41, 5.74) is 3.30. The molecule has 0 unspecified atom stereocenters. The topological polar surface area (TPSA) is 59.9 Å². The maximum Gasteiger partial charge on any atom is 0.281 e. The molecule has 3 aromatic rings. The molecule has 1 aliphatic heterocycles. The summed E-state index contributed by atoms with van der Waals surface area (Å²) >= 11 is 1.44. The van der Waals surface area contributed by atoms with Crippen LogP contribution in [0.25, 0.3) is 10.1 Å².